The molecule has 0 aliphatic carbocycles. The molecule has 0 bridgehead atoms. The van der Waals surface area contributed by atoms with Crippen molar-refractivity contribution in [3.63, 3.8) is 0 Å². The maximum absolute atomic E-state index is 12.1. The van der Waals surface area contributed by atoms with Gasteiger partial charge in [-0.25, -0.2) is 4.79 Å². The van der Waals surface area contributed by atoms with Gasteiger partial charge < -0.3 is 9.84 Å². The monoisotopic (exact) mass is 243 g/mol. The van der Waals surface area contributed by atoms with Crippen molar-refractivity contribution in [2.75, 3.05) is 6.54 Å². The molecule has 1 aliphatic rings. The lowest BCUT2D eigenvalue weighted by molar-refractivity contribution is -0.00824. The Morgan fingerprint density at radius 1 is 1.29 bits per heavy atom. The lowest BCUT2D eigenvalue weighted by Gasteiger charge is -2.35. The summed E-state index contributed by atoms with van der Waals surface area (Å²) in [6, 6.07) is 0. The van der Waals surface area contributed by atoms with Crippen LogP contribution in [0.15, 0.2) is 0 Å². The van der Waals surface area contributed by atoms with Crippen LogP contribution < -0.4 is 0 Å². The van der Waals surface area contributed by atoms with Crippen LogP contribution in [0, 0.1) is 5.41 Å². The molecule has 0 radical (unpaired) electrons. The zero-order valence-corrected chi connectivity index (χ0v) is 12.0. The Labute approximate surface area is 104 Å². The molecule has 1 heterocycles. The predicted octanol–water partition coefficient (Wildman–Crippen LogP) is 2.40. The Morgan fingerprint density at radius 2 is 1.76 bits per heavy atom. The zero-order valence-electron chi connectivity index (χ0n) is 12.0. The van der Waals surface area contributed by atoms with Gasteiger partial charge in [0.05, 0.1) is 11.6 Å². The number of likely N-dealkylation sites (tertiary alicyclic amines) is 1. The molecule has 1 N–H and O–H groups in total. The van der Waals surface area contributed by atoms with Crippen molar-refractivity contribution in [1.82, 2.24) is 4.90 Å². The fourth-order valence-electron chi connectivity index (χ4n) is 2.42. The van der Waals surface area contributed by atoms with Crippen molar-refractivity contribution in [3.8, 4) is 0 Å². The fourth-order valence-corrected chi connectivity index (χ4v) is 2.42. The lowest BCUT2D eigenvalue weighted by atomic mass is 9.82. The highest BCUT2D eigenvalue weighted by Crippen LogP contribution is 2.41. The minimum Gasteiger partial charge on any atom is -0.444 e. The summed E-state index contributed by atoms with van der Waals surface area (Å²) in [6.07, 6.45) is -0.908. The number of amides is 1. The minimum atomic E-state index is -0.591. The summed E-state index contributed by atoms with van der Waals surface area (Å²) >= 11 is 0. The summed E-state index contributed by atoms with van der Waals surface area (Å²) in [4.78, 5) is 13.7. The van der Waals surface area contributed by atoms with E-state index in [1.807, 2.05) is 48.5 Å². The maximum Gasteiger partial charge on any atom is 0.410 e. The first-order chi connectivity index (χ1) is 7.38. The highest BCUT2D eigenvalue weighted by molar-refractivity contribution is 5.70. The van der Waals surface area contributed by atoms with Crippen LogP contribution in [0.25, 0.3) is 0 Å². The van der Waals surface area contributed by atoms with E-state index in [1.54, 1.807) is 4.90 Å². The second-order valence-corrected chi connectivity index (χ2v) is 7.11. The molecule has 1 unspecified atom stereocenters. The van der Waals surface area contributed by atoms with Crippen LogP contribution in [-0.4, -0.2) is 39.9 Å². The molecule has 1 atom stereocenters. The van der Waals surface area contributed by atoms with Crippen molar-refractivity contribution < 1.29 is 14.6 Å². The molecule has 1 saturated heterocycles. The quantitative estimate of drug-likeness (QED) is 0.710. The SMILES string of the molecule is CC(C)(C)OC(=O)N1CC(C)(C)C(O)C1(C)C. The van der Waals surface area contributed by atoms with E-state index in [-0.39, 0.29) is 11.5 Å². The first-order valence-corrected chi connectivity index (χ1v) is 6.06. The van der Waals surface area contributed by atoms with Crippen LogP contribution in [0.2, 0.25) is 0 Å². The fraction of sp³-hybridized carbons (Fsp3) is 0.923. The Kier molecular flexibility index (Phi) is 3.25. The number of hydrogen-bond acceptors (Lipinski definition) is 3. The molecule has 0 aromatic rings. The van der Waals surface area contributed by atoms with E-state index in [1.165, 1.54) is 0 Å². The van der Waals surface area contributed by atoms with E-state index in [0.717, 1.165) is 0 Å². The summed E-state index contributed by atoms with van der Waals surface area (Å²) in [6.45, 7) is 13.7. The van der Waals surface area contributed by atoms with Crippen molar-refractivity contribution in [2.24, 2.45) is 5.41 Å². The van der Waals surface area contributed by atoms with E-state index >= 15 is 0 Å². The van der Waals surface area contributed by atoms with Crippen molar-refractivity contribution in [2.45, 2.75) is 65.7 Å². The Bertz CT molecular complexity index is 315. The van der Waals surface area contributed by atoms with Crippen LogP contribution in [-0.2, 0) is 4.74 Å². The molecule has 1 aliphatic heterocycles. The van der Waals surface area contributed by atoms with Gasteiger partial charge in [-0.05, 0) is 34.6 Å². The van der Waals surface area contributed by atoms with Crippen molar-refractivity contribution in [1.29, 1.82) is 0 Å². The maximum atomic E-state index is 12.1. The molecule has 1 fully saturated rings. The third-order valence-corrected chi connectivity index (χ3v) is 3.28. The number of carbonyl (C=O) groups excluding carboxylic acids is 1. The van der Waals surface area contributed by atoms with Crippen LogP contribution in [0.3, 0.4) is 0 Å². The van der Waals surface area contributed by atoms with Crippen molar-refractivity contribution >= 4 is 6.09 Å². The molecule has 1 amide bonds. The van der Waals surface area contributed by atoms with E-state index in [0.29, 0.717) is 6.54 Å². The summed E-state index contributed by atoms with van der Waals surface area (Å²) in [5.41, 5.74) is -1.41. The van der Waals surface area contributed by atoms with Crippen LogP contribution in [0.1, 0.15) is 48.5 Å². The van der Waals surface area contributed by atoms with Gasteiger partial charge in [0.2, 0.25) is 0 Å². The highest BCUT2D eigenvalue weighted by Gasteiger charge is 2.54. The average Bonchev–Trinajstić information content (AvgIpc) is 2.23. The molecule has 0 spiro atoms. The standard InChI is InChI=1S/C13H25NO3/c1-11(2,3)17-10(16)14-8-12(4,5)9(15)13(14,6)7/h9,15H,8H2,1-7H3. The number of aliphatic hydroxyl groups excluding tert-OH is 1. The van der Waals surface area contributed by atoms with Crippen LogP contribution in [0.5, 0.6) is 0 Å². The first kappa shape index (κ1) is 14.3. The molecule has 1 rings (SSSR count). The molecule has 0 aromatic carbocycles. The van der Waals surface area contributed by atoms with Gasteiger partial charge >= 0.3 is 6.09 Å². The first-order valence-electron chi connectivity index (χ1n) is 6.06. The van der Waals surface area contributed by atoms with Crippen LogP contribution in [0.4, 0.5) is 4.79 Å². The molecule has 4 nitrogen and oxygen atoms in total. The smallest absolute Gasteiger partial charge is 0.410 e. The second kappa shape index (κ2) is 3.87. The van der Waals surface area contributed by atoms with Gasteiger partial charge in [-0.15, -0.1) is 0 Å². The minimum absolute atomic E-state index is 0.305. The Hall–Kier alpha value is -0.770. The molecule has 0 saturated carbocycles. The van der Waals surface area contributed by atoms with Gasteiger partial charge in [-0.1, -0.05) is 13.8 Å². The summed E-state index contributed by atoms with van der Waals surface area (Å²) < 4.78 is 5.37. The molecule has 100 valence electrons. The summed E-state index contributed by atoms with van der Waals surface area (Å²) in [7, 11) is 0. The Balaban J connectivity index is 2.90. The number of carbonyl (C=O) groups is 1. The Morgan fingerprint density at radius 3 is 2.06 bits per heavy atom. The van der Waals surface area contributed by atoms with Gasteiger partial charge in [-0.3, -0.25) is 4.90 Å². The lowest BCUT2D eigenvalue weighted by Crippen LogP contribution is -2.50. The second-order valence-electron chi connectivity index (χ2n) is 7.11. The number of rotatable bonds is 0. The van der Waals surface area contributed by atoms with Gasteiger partial charge in [0, 0.05) is 12.0 Å². The predicted molar refractivity (Wildman–Crippen MR) is 66.8 cm³/mol. The number of hydrogen-bond donors (Lipinski definition) is 1. The molecular formula is C13H25NO3. The van der Waals surface area contributed by atoms with E-state index in [9.17, 15) is 9.90 Å². The largest absolute Gasteiger partial charge is 0.444 e. The number of ether oxygens (including phenoxy) is 1. The van der Waals surface area contributed by atoms with Gasteiger partial charge in [0.15, 0.2) is 0 Å². The summed E-state index contributed by atoms with van der Waals surface area (Å²) in [5, 5.41) is 10.3. The number of aliphatic hydroxyl groups is 1. The van der Waals surface area contributed by atoms with E-state index in [2.05, 4.69) is 0 Å². The molecule has 17 heavy (non-hydrogen) atoms. The third-order valence-electron chi connectivity index (χ3n) is 3.28. The zero-order chi connectivity index (χ0) is 13.6. The average molecular weight is 243 g/mol. The van der Waals surface area contributed by atoms with Crippen LogP contribution >= 0.6 is 0 Å². The summed E-state index contributed by atoms with van der Waals surface area (Å²) in [5.74, 6) is 0. The van der Waals surface area contributed by atoms with Gasteiger partial charge in [0.1, 0.15) is 5.60 Å². The van der Waals surface area contributed by atoms with E-state index in [4.69, 9.17) is 4.74 Å². The van der Waals surface area contributed by atoms with E-state index < -0.39 is 17.2 Å². The third kappa shape index (κ3) is 2.73. The molecule has 4 heteroatoms. The highest BCUT2D eigenvalue weighted by atomic mass is 16.6. The topological polar surface area (TPSA) is 49.8 Å². The molecular weight excluding hydrogens is 218 g/mol. The molecule has 0 aromatic heterocycles. The normalized spacial score (nSPS) is 27.1. The van der Waals surface area contributed by atoms with Crippen molar-refractivity contribution in [3.05, 3.63) is 0 Å². The number of nitrogens with zero attached hydrogens (tertiary/aromatic N) is 1. The van der Waals surface area contributed by atoms with Gasteiger partial charge in [0.25, 0.3) is 0 Å². The van der Waals surface area contributed by atoms with Gasteiger partial charge in [-0.2, -0.15) is 0 Å².